The van der Waals surface area contributed by atoms with Crippen molar-refractivity contribution >= 4 is 11.6 Å². The minimum atomic E-state index is -0.163. The van der Waals surface area contributed by atoms with E-state index >= 15 is 0 Å². The summed E-state index contributed by atoms with van der Waals surface area (Å²) in [5.74, 6) is -0.163. The molecule has 0 saturated heterocycles. The molecule has 0 bridgehead atoms. The minimum Gasteiger partial charge on any atom is -0.336 e. The lowest BCUT2D eigenvalue weighted by Gasteiger charge is -2.16. The molecule has 166 valence electrons. The molecule has 5 rings (SSSR count). The van der Waals surface area contributed by atoms with Gasteiger partial charge in [-0.3, -0.25) is 9.48 Å². The van der Waals surface area contributed by atoms with E-state index in [2.05, 4.69) is 27.2 Å². The van der Waals surface area contributed by atoms with Crippen molar-refractivity contribution in [1.29, 1.82) is 0 Å². The van der Waals surface area contributed by atoms with E-state index in [1.54, 1.807) is 39.6 Å². The Labute approximate surface area is 190 Å². The van der Waals surface area contributed by atoms with Crippen molar-refractivity contribution in [3.05, 3.63) is 84.2 Å². The van der Waals surface area contributed by atoms with E-state index in [9.17, 15) is 4.79 Å². The highest BCUT2D eigenvalue weighted by Crippen LogP contribution is 2.24. The van der Waals surface area contributed by atoms with Crippen LogP contribution in [0.1, 0.15) is 28.7 Å². The zero-order chi connectivity index (χ0) is 22.9. The molecule has 9 heteroatoms. The third-order valence-corrected chi connectivity index (χ3v) is 5.73. The fourth-order valence-corrected chi connectivity index (χ4v) is 3.94. The van der Waals surface area contributed by atoms with E-state index < -0.39 is 0 Å². The average Bonchev–Trinajstić information content (AvgIpc) is 3.58. The minimum absolute atomic E-state index is 0.163. The molecule has 0 fully saturated rings. The number of aromatic nitrogens is 7. The van der Waals surface area contributed by atoms with Crippen LogP contribution >= 0.6 is 0 Å². The van der Waals surface area contributed by atoms with Crippen LogP contribution in [0.25, 0.3) is 22.6 Å². The summed E-state index contributed by atoms with van der Waals surface area (Å²) < 4.78 is 5.44. The Kier molecular flexibility index (Phi) is 5.21. The van der Waals surface area contributed by atoms with Gasteiger partial charge in [0.15, 0.2) is 11.3 Å². The zero-order valence-corrected chi connectivity index (χ0v) is 18.8. The molecule has 0 atom stereocenters. The molecule has 0 aliphatic heterocycles. The first kappa shape index (κ1) is 20.6. The van der Waals surface area contributed by atoms with Crippen LogP contribution in [-0.4, -0.2) is 52.0 Å². The van der Waals surface area contributed by atoms with Gasteiger partial charge in [0.25, 0.3) is 5.91 Å². The smallest absolute Gasteiger partial charge is 0.274 e. The maximum absolute atomic E-state index is 13.1. The highest BCUT2D eigenvalue weighted by atomic mass is 16.2. The normalized spacial score (nSPS) is 11.2. The number of benzene rings is 1. The summed E-state index contributed by atoms with van der Waals surface area (Å²) in [6.45, 7) is 5.34. The molecule has 1 amide bonds. The Morgan fingerprint density at radius 2 is 1.91 bits per heavy atom. The van der Waals surface area contributed by atoms with E-state index in [1.165, 1.54) is 0 Å². The Morgan fingerprint density at radius 1 is 1.09 bits per heavy atom. The van der Waals surface area contributed by atoms with E-state index in [0.717, 1.165) is 34.7 Å². The summed E-state index contributed by atoms with van der Waals surface area (Å²) in [5, 5.41) is 13.3. The third kappa shape index (κ3) is 3.78. The standard InChI is InChI=1S/C24H24N8O/c1-4-30-17(2)20(15-27-30)22-10-12-25-23-14-21(28-32(22)23)24(33)29(3)16-18-6-8-19(9-7-18)31-13-5-11-26-31/h5-15H,4,16H2,1-3H3. The number of nitrogens with zero attached hydrogens (tertiary/aromatic N) is 8. The first-order valence-electron chi connectivity index (χ1n) is 10.8. The Bertz CT molecular complexity index is 1410. The van der Waals surface area contributed by atoms with Crippen molar-refractivity contribution in [3.8, 4) is 16.9 Å². The fourth-order valence-electron chi connectivity index (χ4n) is 3.94. The second-order valence-corrected chi connectivity index (χ2v) is 7.87. The SMILES string of the molecule is CCn1ncc(-c2ccnc3cc(C(=O)N(C)Cc4ccc(-n5cccn5)cc4)nn23)c1C. The molecule has 0 saturated carbocycles. The number of rotatable bonds is 6. The van der Waals surface area contributed by atoms with E-state index in [4.69, 9.17) is 0 Å². The topological polar surface area (TPSA) is 86.1 Å². The van der Waals surface area contributed by atoms with Gasteiger partial charge in [0.05, 0.1) is 17.6 Å². The third-order valence-electron chi connectivity index (χ3n) is 5.73. The van der Waals surface area contributed by atoms with Crippen LogP contribution in [0.15, 0.2) is 67.3 Å². The van der Waals surface area contributed by atoms with Gasteiger partial charge >= 0.3 is 0 Å². The molecule has 9 nitrogen and oxygen atoms in total. The van der Waals surface area contributed by atoms with Gasteiger partial charge in [0.1, 0.15) is 0 Å². The number of fused-ring (bicyclic) bond motifs is 1. The Balaban J connectivity index is 1.38. The molecule has 1 aromatic carbocycles. The summed E-state index contributed by atoms with van der Waals surface area (Å²) in [5.41, 5.74) is 5.84. The van der Waals surface area contributed by atoms with Gasteiger partial charge in [0.2, 0.25) is 0 Å². The fraction of sp³-hybridized carbons (Fsp3) is 0.208. The maximum Gasteiger partial charge on any atom is 0.274 e. The predicted octanol–water partition coefficient (Wildman–Crippen LogP) is 3.38. The van der Waals surface area contributed by atoms with Crippen molar-refractivity contribution < 1.29 is 4.79 Å². The molecule has 4 aromatic heterocycles. The highest BCUT2D eigenvalue weighted by molar-refractivity contribution is 5.93. The van der Waals surface area contributed by atoms with Crippen LogP contribution in [-0.2, 0) is 13.1 Å². The zero-order valence-electron chi connectivity index (χ0n) is 18.8. The van der Waals surface area contributed by atoms with Crippen LogP contribution in [0.3, 0.4) is 0 Å². The Morgan fingerprint density at radius 3 is 2.61 bits per heavy atom. The lowest BCUT2D eigenvalue weighted by molar-refractivity contribution is 0.0779. The first-order chi connectivity index (χ1) is 16.0. The first-order valence-corrected chi connectivity index (χ1v) is 10.8. The van der Waals surface area contributed by atoms with Crippen LogP contribution in [0, 0.1) is 6.92 Å². The van der Waals surface area contributed by atoms with Gasteiger partial charge in [-0.2, -0.15) is 15.3 Å². The molecule has 0 aliphatic rings. The van der Waals surface area contributed by atoms with Gasteiger partial charge in [0, 0.05) is 56.1 Å². The maximum atomic E-state index is 13.1. The molecule has 0 radical (unpaired) electrons. The number of hydrogen-bond donors (Lipinski definition) is 0. The lowest BCUT2D eigenvalue weighted by Crippen LogP contribution is -2.26. The second-order valence-electron chi connectivity index (χ2n) is 7.87. The van der Waals surface area contributed by atoms with Gasteiger partial charge in [-0.05, 0) is 43.7 Å². The van der Waals surface area contributed by atoms with Crippen molar-refractivity contribution in [3.63, 3.8) is 0 Å². The number of amides is 1. The van der Waals surface area contributed by atoms with Gasteiger partial charge in [-0.1, -0.05) is 12.1 Å². The molecule has 0 unspecified atom stereocenters. The van der Waals surface area contributed by atoms with Crippen LogP contribution in [0.2, 0.25) is 0 Å². The molecule has 33 heavy (non-hydrogen) atoms. The van der Waals surface area contributed by atoms with Crippen molar-refractivity contribution in [2.75, 3.05) is 7.05 Å². The summed E-state index contributed by atoms with van der Waals surface area (Å²) in [4.78, 5) is 19.2. The quantitative estimate of drug-likeness (QED) is 0.404. The number of aryl methyl sites for hydroxylation is 1. The molecule has 5 aromatic rings. The summed E-state index contributed by atoms with van der Waals surface area (Å²) in [7, 11) is 1.78. The molecule has 0 aliphatic carbocycles. The summed E-state index contributed by atoms with van der Waals surface area (Å²) in [6.07, 6.45) is 7.20. The average molecular weight is 441 g/mol. The molecule has 4 heterocycles. The Hall–Kier alpha value is -4.27. The van der Waals surface area contributed by atoms with Gasteiger partial charge in [-0.25, -0.2) is 14.2 Å². The molecule has 0 spiro atoms. The van der Waals surface area contributed by atoms with E-state index in [1.807, 2.05) is 60.4 Å². The summed E-state index contributed by atoms with van der Waals surface area (Å²) in [6, 6.07) is 13.5. The van der Waals surface area contributed by atoms with Gasteiger partial charge < -0.3 is 4.90 Å². The summed E-state index contributed by atoms with van der Waals surface area (Å²) >= 11 is 0. The molecular weight excluding hydrogens is 416 g/mol. The van der Waals surface area contributed by atoms with Gasteiger partial charge in [-0.15, -0.1) is 0 Å². The van der Waals surface area contributed by atoms with Crippen molar-refractivity contribution in [2.45, 2.75) is 26.9 Å². The second kappa shape index (κ2) is 8.34. The van der Waals surface area contributed by atoms with Crippen molar-refractivity contribution in [2.24, 2.45) is 0 Å². The number of carbonyl (C=O) groups is 1. The van der Waals surface area contributed by atoms with Crippen LogP contribution in [0.5, 0.6) is 0 Å². The van der Waals surface area contributed by atoms with Crippen molar-refractivity contribution in [1.82, 2.24) is 39.1 Å². The molecule has 0 N–H and O–H groups in total. The largest absolute Gasteiger partial charge is 0.336 e. The van der Waals surface area contributed by atoms with Crippen LogP contribution in [0.4, 0.5) is 0 Å². The van der Waals surface area contributed by atoms with E-state index in [0.29, 0.717) is 17.9 Å². The predicted molar refractivity (Wildman–Crippen MR) is 124 cm³/mol. The number of hydrogen-bond acceptors (Lipinski definition) is 5. The monoisotopic (exact) mass is 440 g/mol. The lowest BCUT2D eigenvalue weighted by atomic mass is 10.2. The van der Waals surface area contributed by atoms with E-state index in [-0.39, 0.29) is 5.91 Å². The molecular formula is C24H24N8O. The highest BCUT2D eigenvalue weighted by Gasteiger charge is 2.19. The van der Waals surface area contributed by atoms with Crippen LogP contribution < -0.4 is 0 Å². The number of carbonyl (C=O) groups excluding carboxylic acids is 1.